The summed E-state index contributed by atoms with van der Waals surface area (Å²) in [5, 5.41) is 22.2. The zero-order chi connectivity index (χ0) is 39.4. The van der Waals surface area contributed by atoms with E-state index < -0.39 is 11.9 Å². The Bertz CT molecular complexity index is 1860. The smallest absolute Gasteiger partial charge is 0.303 e. The fourth-order valence-corrected chi connectivity index (χ4v) is 8.46. The van der Waals surface area contributed by atoms with Crippen LogP contribution in [0.2, 0.25) is 0 Å². The first-order chi connectivity index (χ1) is 26.5. The Morgan fingerprint density at radius 2 is 1.53 bits per heavy atom. The topological polar surface area (TPSA) is 119 Å². The monoisotopic (exact) mass is 750 g/mol. The molecule has 5 rings (SSSR count). The van der Waals surface area contributed by atoms with Gasteiger partial charge < -0.3 is 25.2 Å². The third kappa shape index (κ3) is 10.0. The minimum atomic E-state index is -0.790. The Balaban J connectivity index is 1.49. The number of anilines is 1. The SMILES string of the molecule is CC1(C)C(/C=C/C2=C(NCCCC(=O)O)C(=C/C=C3/N(CCCCCC(=O)O)c4ccccc4C3(C)C)/CCC2)=[N+](CCCCCOC=O)c2ccccc21. The molecule has 0 spiro atoms. The molecule has 0 atom stereocenters. The third-order valence-electron chi connectivity index (χ3n) is 11.4. The van der Waals surface area contributed by atoms with Crippen molar-refractivity contribution < 1.29 is 33.9 Å². The van der Waals surface area contributed by atoms with Crippen molar-refractivity contribution in [3.05, 3.63) is 107 Å². The molecule has 2 aromatic carbocycles. The number of unbranched alkanes of at least 4 members (excludes halogenated alkanes) is 4. The van der Waals surface area contributed by atoms with E-state index in [1.54, 1.807) is 0 Å². The molecule has 0 bridgehead atoms. The fraction of sp³-hybridized carbons (Fsp3) is 0.478. The summed E-state index contributed by atoms with van der Waals surface area (Å²) in [6.07, 6.45) is 18.1. The number of carbonyl (C=O) groups excluding carboxylic acids is 1. The Kier molecular flexibility index (Phi) is 14.3. The molecule has 0 fully saturated rings. The molecule has 55 heavy (non-hydrogen) atoms. The number of rotatable bonds is 21. The van der Waals surface area contributed by atoms with Gasteiger partial charge in [-0.2, -0.15) is 4.58 Å². The van der Waals surface area contributed by atoms with Crippen LogP contribution in [-0.2, 0) is 30.0 Å². The molecule has 294 valence electrons. The summed E-state index contributed by atoms with van der Waals surface area (Å²) in [6.45, 7) is 12.4. The molecule has 0 unspecified atom stereocenters. The minimum absolute atomic E-state index is 0.114. The molecule has 2 heterocycles. The van der Waals surface area contributed by atoms with Gasteiger partial charge in [0.05, 0.1) is 12.0 Å². The first-order valence-electron chi connectivity index (χ1n) is 20.1. The van der Waals surface area contributed by atoms with Gasteiger partial charge in [-0.25, -0.2) is 0 Å². The lowest BCUT2D eigenvalue weighted by molar-refractivity contribution is -0.438. The van der Waals surface area contributed by atoms with Crippen molar-refractivity contribution in [1.29, 1.82) is 0 Å². The number of hydrogen-bond donors (Lipinski definition) is 3. The Morgan fingerprint density at radius 3 is 2.29 bits per heavy atom. The number of nitrogens with zero attached hydrogens (tertiary/aromatic N) is 2. The number of carboxylic acids is 2. The molecule has 2 aromatic rings. The molecule has 3 N–H and O–H groups in total. The number of aliphatic carboxylic acids is 2. The molecule has 0 saturated carbocycles. The van der Waals surface area contributed by atoms with Crippen LogP contribution >= 0.6 is 0 Å². The highest BCUT2D eigenvalue weighted by Crippen LogP contribution is 2.48. The number of hydrogen-bond acceptors (Lipinski definition) is 6. The van der Waals surface area contributed by atoms with Gasteiger partial charge in [0.25, 0.3) is 6.47 Å². The quantitative estimate of drug-likeness (QED) is 0.0657. The van der Waals surface area contributed by atoms with E-state index in [-0.39, 0.29) is 23.7 Å². The maximum absolute atomic E-state index is 11.4. The zero-order valence-electron chi connectivity index (χ0n) is 33.2. The van der Waals surface area contributed by atoms with E-state index in [1.165, 1.54) is 45.1 Å². The Morgan fingerprint density at radius 1 is 0.818 bits per heavy atom. The van der Waals surface area contributed by atoms with Crippen LogP contribution in [-0.4, -0.2) is 65.2 Å². The van der Waals surface area contributed by atoms with Gasteiger partial charge in [-0.15, -0.1) is 0 Å². The molecule has 2 aliphatic heterocycles. The summed E-state index contributed by atoms with van der Waals surface area (Å²) in [7, 11) is 0. The van der Waals surface area contributed by atoms with Crippen molar-refractivity contribution >= 4 is 35.5 Å². The molecular weight excluding hydrogens is 691 g/mol. The first kappa shape index (κ1) is 41.2. The minimum Gasteiger partial charge on any atom is -0.481 e. The van der Waals surface area contributed by atoms with Crippen molar-refractivity contribution in [3.8, 4) is 0 Å². The predicted molar refractivity (Wildman–Crippen MR) is 219 cm³/mol. The molecule has 0 saturated heterocycles. The van der Waals surface area contributed by atoms with Crippen LogP contribution in [0.15, 0.2) is 95.4 Å². The summed E-state index contributed by atoms with van der Waals surface area (Å²) in [6, 6.07) is 17.2. The van der Waals surface area contributed by atoms with E-state index >= 15 is 0 Å². The van der Waals surface area contributed by atoms with E-state index in [1.807, 2.05) is 0 Å². The van der Waals surface area contributed by atoms with Crippen LogP contribution in [0.25, 0.3) is 0 Å². The van der Waals surface area contributed by atoms with Gasteiger partial charge in [-0.05, 0) is 94.1 Å². The summed E-state index contributed by atoms with van der Waals surface area (Å²) in [5.74, 6) is -1.54. The number of carboxylic acid groups (broad SMARTS) is 2. The van der Waals surface area contributed by atoms with Crippen LogP contribution in [0.5, 0.6) is 0 Å². The van der Waals surface area contributed by atoms with Crippen LogP contribution < -0.4 is 10.2 Å². The number of para-hydroxylation sites is 2. The lowest BCUT2D eigenvalue weighted by atomic mass is 9.81. The highest BCUT2D eigenvalue weighted by molar-refractivity contribution is 6.03. The molecule has 9 nitrogen and oxygen atoms in total. The Labute approximate surface area is 327 Å². The van der Waals surface area contributed by atoms with Crippen LogP contribution in [0, 0.1) is 0 Å². The maximum atomic E-state index is 11.4. The van der Waals surface area contributed by atoms with E-state index in [9.17, 15) is 19.5 Å². The second-order valence-corrected chi connectivity index (χ2v) is 16.0. The van der Waals surface area contributed by atoms with Gasteiger partial charge in [0.1, 0.15) is 6.54 Å². The fourth-order valence-electron chi connectivity index (χ4n) is 8.46. The van der Waals surface area contributed by atoms with E-state index in [4.69, 9.17) is 9.84 Å². The number of benzene rings is 2. The summed E-state index contributed by atoms with van der Waals surface area (Å²) in [4.78, 5) is 35.5. The number of ether oxygens (including phenoxy) is 1. The van der Waals surface area contributed by atoms with Crippen molar-refractivity contribution in [2.45, 2.75) is 116 Å². The van der Waals surface area contributed by atoms with Crippen LogP contribution in [0.3, 0.4) is 0 Å². The summed E-state index contributed by atoms with van der Waals surface area (Å²) < 4.78 is 7.37. The van der Waals surface area contributed by atoms with Crippen LogP contribution in [0.1, 0.15) is 116 Å². The molecule has 1 aliphatic carbocycles. The van der Waals surface area contributed by atoms with E-state index in [0.717, 1.165) is 70.2 Å². The second kappa shape index (κ2) is 19.1. The van der Waals surface area contributed by atoms with E-state index in [0.29, 0.717) is 32.5 Å². The molecule has 3 aliphatic rings. The average molecular weight is 751 g/mol. The van der Waals surface area contributed by atoms with Crippen molar-refractivity contribution in [2.75, 3.05) is 31.1 Å². The second-order valence-electron chi connectivity index (χ2n) is 16.0. The normalized spacial score (nSPS) is 18.7. The van der Waals surface area contributed by atoms with Crippen LogP contribution in [0.4, 0.5) is 11.4 Å². The van der Waals surface area contributed by atoms with Crippen molar-refractivity contribution in [1.82, 2.24) is 5.32 Å². The van der Waals surface area contributed by atoms with E-state index in [2.05, 4.69) is 115 Å². The number of fused-ring (bicyclic) bond motifs is 2. The van der Waals surface area contributed by atoms with Gasteiger partial charge in [-0.1, -0.05) is 68.8 Å². The Hall–Kier alpha value is -4.92. The molecular formula is C46H60N3O6+. The lowest BCUT2D eigenvalue weighted by Gasteiger charge is -2.28. The number of carbonyl (C=O) groups is 3. The molecule has 0 radical (unpaired) electrons. The third-order valence-corrected chi connectivity index (χ3v) is 11.4. The largest absolute Gasteiger partial charge is 0.481 e. The highest BCUT2D eigenvalue weighted by Gasteiger charge is 2.44. The van der Waals surface area contributed by atoms with Gasteiger partial charge in [0.2, 0.25) is 5.69 Å². The number of allylic oxidation sites excluding steroid dienone is 7. The van der Waals surface area contributed by atoms with Gasteiger partial charge >= 0.3 is 11.9 Å². The molecule has 0 aromatic heterocycles. The average Bonchev–Trinajstić information content (AvgIpc) is 3.51. The lowest BCUT2D eigenvalue weighted by Crippen LogP contribution is -2.28. The number of nitrogens with one attached hydrogen (secondary N) is 1. The zero-order valence-corrected chi connectivity index (χ0v) is 33.2. The van der Waals surface area contributed by atoms with Gasteiger partial charge in [0, 0.05) is 72.6 Å². The predicted octanol–water partition coefficient (Wildman–Crippen LogP) is 9.11. The summed E-state index contributed by atoms with van der Waals surface area (Å²) in [5.41, 5.74) is 10.6. The highest BCUT2D eigenvalue weighted by atomic mass is 16.5. The summed E-state index contributed by atoms with van der Waals surface area (Å²) >= 11 is 0. The van der Waals surface area contributed by atoms with Crippen molar-refractivity contribution in [2.24, 2.45) is 0 Å². The van der Waals surface area contributed by atoms with Crippen molar-refractivity contribution in [3.63, 3.8) is 0 Å². The van der Waals surface area contributed by atoms with Gasteiger partial charge in [-0.3, -0.25) is 14.4 Å². The molecule has 9 heteroatoms. The standard InChI is InChI=1S/C46H59N3O6/c1-45(2)36-19-8-10-21-38(36)48(30-12-5-7-23-42(51)52)40(45)27-25-34-17-15-18-35(44(34)47-29-16-24-43(53)54)26-28-41-46(3,4)37-20-9-11-22-39(37)49(41)31-13-6-14-32-55-33-50/h8-11,19-22,25-28,33H,5-7,12-18,23-24,29-32H2,1-4H3,(H2,51,52,53,54)/p+1/b34-25+,40-27+. The maximum Gasteiger partial charge on any atom is 0.303 e. The molecule has 0 amide bonds. The van der Waals surface area contributed by atoms with Gasteiger partial charge in [0.15, 0.2) is 5.71 Å². The first-order valence-corrected chi connectivity index (χ1v) is 20.1.